The van der Waals surface area contributed by atoms with E-state index in [9.17, 15) is 8.78 Å². The number of ether oxygens (including phenoxy) is 1. The number of para-hydroxylation sites is 1. The van der Waals surface area contributed by atoms with Crippen molar-refractivity contribution >= 4 is 5.83 Å². The van der Waals surface area contributed by atoms with Crippen molar-refractivity contribution in [1.29, 1.82) is 5.26 Å². The van der Waals surface area contributed by atoms with Crippen molar-refractivity contribution in [2.75, 3.05) is 19.8 Å². The second-order valence-electron chi connectivity index (χ2n) is 10.8. The lowest BCUT2D eigenvalue weighted by Gasteiger charge is -2.34. The summed E-state index contributed by atoms with van der Waals surface area (Å²) >= 11 is 0. The largest absolute Gasteiger partial charge is 0.480 e. The van der Waals surface area contributed by atoms with E-state index >= 15 is 4.39 Å². The first-order chi connectivity index (χ1) is 18.5. The molecule has 2 fully saturated rings. The lowest BCUT2D eigenvalue weighted by Crippen LogP contribution is -2.34. The number of hydrogen-bond acceptors (Lipinski definition) is 4. The van der Waals surface area contributed by atoms with Gasteiger partial charge in [0, 0.05) is 29.9 Å². The minimum atomic E-state index is -0.908. The minimum absolute atomic E-state index is 0.180. The first-order valence-electron chi connectivity index (χ1n) is 13.1. The van der Waals surface area contributed by atoms with E-state index in [1.54, 1.807) is 12.3 Å². The molecular formula is C30H29F3N4O. The van der Waals surface area contributed by atoms with Gasteiger partial charge in [-0.2, -0.15) is 5.26 Å². The van der Waals surface area contributed by atoms with E-state index in [1.807, 2.05) is 24.4 Å². The lowest BCUT2D eigenvalue weighted by atomic mass is 9.86. The fraction of sp³-hybridized carbons (Fsp3) is 0.400. The van der Waals surface area contributed by atoms with Crippen LogP contribution in [0.25, 0.3) is 5.83 Å². The van der Waals surface area contributed by atoms with Gasteiger partial charge < -0.3 is 9.30 Å². The zero-order chi connectivity index (χ0) is 26.3. The van der Waals surface area contributed by atoms with E-state index in [-0.39, 0.29) is 29.1 Å². The molecule has 1 aromatic heterocycles. The van der Waals surface area contributed by atoms with Gasteiger partial charge in [0.2, 0.25) is 0 Å². The topological polar surface area (TPSA) is 54.1 Å². The summed E-state index contributed by atoms with van der Waals surface area (Å²) in [6, 6.07) is 11.6. The molecular weight excluding hydrogens is 489 g/mol. The summed E-state index contributed by atoms with van der Waals surface area (Å²) in [6.45, 7) is 2.81. The molecule has 0 bridgehead atoms. The summed E-state index contributed by atoms with van der Waals surface area (Å²) < 4.78 is 51.6. The van der Waals surface area contributed by atoms with Gasteiger partial charge in [-0.1, -0.05) is 18.2 Å². The highest BCUT2D eigenvalue weighted by Gasteiger charge is 2.43. The highest BCUT2D eigenvalue weighted by atomic mass is 19.1. The molecule has 2 aliphatic heterocycles. The molecule has 1 unspecified atom stereocenters. The van der Waals surface area contributed by atoms with Gasteiger partial charge >= 0.3 is 0 Å². The summed E-state index contributed by atoms with van der Waals surface area (Å²) in [6.07, 6.45) is 7.73. The van der Waals surface area contributed by atoms with Crippen molar-refractivity contribution in [3.05, 3.63) is 88.8 Å². The zero-order valence-electron chi connectivity index (χ0n) is 21.0. The lowest BCUT2D eigenvalue weighted by molar-refractivity contribution is 0.190. The van der Waals surface area contributed by atoms with Crippen LogP contribution >= 0.6 is 0 Å². The van der Waals surface area contributed by atoms with E-state index < -0.39 is 17.7 Å². The molecule has 3 aromatic rings. The number of nitriles is 1. The Morgan fingerprint density at radius 2 is 1.92 bits per heavy atom. The van der Waals surface area contributed by atoms with Gasteiger partial charge in [-0.05, 0) is 74.5 Å². The third kappa shape index (κ3) is 4.71. The molecule has 3 aliphatic rings. The van der Waals surface area contributed by atoms with E-state index in [0.29, 0.717) is 24.4 Å². The number of rotatable bonds is 7. The van der Waals surface area contributed by atoms with Crippen molar-refractivity contribution in [2.45, 2.75) is 50.8 Å². The molecule has 1 atom stereocenters. The van der Waals surface area contributed by atoms with E-state index in [1.165, 1.54) is 18.2 Å². The van der Waals surface area contributed by atoms with Crippen molar-refractivity contribution in [1.82, 2.24) is 14.5 Å². The number of hydrogen-bond donors (Lipinski definition) is 0. The molecule has 38 heavy (non-hydrogen) atoms. The Kier molecular flexibility index (Phi) is 6.48. The molecule has 0 amide bonds. The molecule has 6 rings (SSSR count). The number of halogens is 3. The van der Waals surface area contributed by atoms with Crippen molar-refractivity contribution < 1.29 is 17.9 Å². The number of fused-ring (bicyclic) bond motifs is 1. The maximum absolute atomic E-state index is 15.2. The molecule has 196 valence electrons. The fourth-order valence-corrected chi connectivity index (χ4v) is 5.67. The van der Waals surface area contributed by atoms with Crippen LogP contribution in [-0.2, 0) is 13.1 Å². The van der Waals surface area contributed by atoms with Crippen LogP contribution in [0.1, 0.15) is 65.8 Å². The number of benzene rings is 2. The first-order valence-corrected chi connectivity index (χ1v) is 13.1. The van der Waals surface area contributed by atoms with Gasteiger partial charge in [0.15, 0.2) is 0 Å². The SMILES string of the molecule is N#Cc1ccc(C2C=C(F)c3cccc(C4CCN(Cc5nccn5CC5(CF)CC5)CC4)c3O2)c(F)c1. The average Bonchev–Trinajstić information content (AvgIpc) is 3.59. The third-order valence-electron chi connectivity index (χ3n) is 8.22. The van der Waals surface area contributed by atoms with E-state index in [2.05, 4.69) is 14.5 Å². The molecule has 0 spiro atoms. The molecule has 1 saturated heterocycles. The monoisotopic (exact) mass is 518 g/mol. The van der Waals surface area contributed by atoms with Crippen LogP contribution in [-0.4, -0.2) is 34.2 Å². The number of alkyl halides is 1. The fourth-order valence-electron chi connectivity index (χ4n) is 5.67. The van der Waals surface area contributed by atoms with Gasteiger partial charge in [0.05, 0.1) is 30.4 Å². The molecule has 1 aliphatic carbocycles. The van der Waals surface area contributed by atoms with E-state index in [0.717, 1.165) is 56.2 Å². The second kappa shape index (κ2) is 9.95. The summed E-state index contributed by atoms with van der Waals surface area (Å²) in [4.78, 5) is 6.89. The van der Waals surface area contributed by atoms with Crippen LogP contribution in [0.5, 0.6) is 5.75 Å². The predicted octanol–water partition coefficient (Wildman–Crippen LogP) is 6.47. The quantitative estimate of drug-likeness (QED) is 0.360. The van der Waals surface area contributed by atoms with E-state index in [4.69, 9.17) is 10.00 Å². The molecule has 0 N–H and O–H groups in total. The Hall–Kier alpha value is -3.57. The van der Waals surface area contributed by atoms with Gasteiger partial charge in [-0.3, -0.25) is 9.29 Å². The maximum Gasteiger partial charge on any atom is 0.148 e. The third-order valence-corrected chi connectivity index (χ3v) is 8.22. The van der Waals surface area contributed by atoms with Crippen LogP contribution in [0.15, 0.2) is 54.9 Å². The zero-order valence-corrected chi connectivity index (χ0v) is 21.0. The summed E-state index contributed by atoms with van der Waals surface area (Å²) in [5.74, 6) is 0.580. The van der Waals surface area contributed by atoms with Gasteiger partial charge in [-0.25, -0.2) is 13.8 Å². The number of aromatic nitrogens is 2. The van der Waals surface area contributed by atoms with Crippen molar-refractivity contribution in [2.24, 2.45) is 5.41 Å². The maximum atomic E-state index is 15.2. The standard InChI is InChI=1S/C30H29F3N4O/c31-18-30(8-9-30)19-37-13-10-35-28(37)17-36-11-6-21(7-12-36)22-2-1-3-24-26(33)15-27(38-29(22)24)23-5-4-20(16-34)14-25(23)32/h1-5,10,13-15,21,27H,6-9,11-12,17-19H2. The highest BCUT2D eigenvalue weighted by molar-refractivity contribution is 5.70. The molecule has 0 radical (unpaired) electrons. The average molecular weight is 519 g/mol. The summed E-state index contributed by atoms with van der Waals surface area (Å²) in [7, 11) is 0. The molecule has 8 heteroatoms. The molecule has 3 heterocycles. The Morgan fingerprint density at radius 1 is 1.11 bits per heavy atom. The number of imidazole rings is 1. The van der Waals surface area contributed by atoms with Gasteiger partial charge in [-0.15, -0.1) is 0 Å². The van der Waals surface area contributed by atoms with Gasteiger partial charge in [0.1, 0.15) is 29.3 Å². The van der Waals surface area contributed by atoms with Crippen molar-refractivity contribution in [3.63, 3.8) is 0 Å². The molecule has 5 nitrogen and oxygen atoms in total. The number of likely N-dealkylation sites (tertiary alicyclic amines) is 1. The van der Waals surface area contributed by atoms with Crippen LogP contribution in [0, 0.1) is 22.6 Å². The summed E-state index contributed by atoms with van der Waals surface area (Å²) in [5, 5.41) is 9.04. The first kappa shape index (κ1) is 24.7. The normalized spacial score (nSPS) is 20.8. The smallest absolute Gasteiger partial charge is 0.148 e. The number of piperidine rings is 1. The summed E-state index contributed by atoms with van der Waals surface area (Å²) in [5.41, 5.74) is 1.53. The van der Waals surface area contributed by atoms with Crippen LogP contribution in [0.2, 0.25) is 0 Å². The minimum Gasteiger partial charge on any atom is -0.480 e. The predicted molar refractivity (Wildman–Crippen MR) is 137 cm³/mol. The number of nitrogens with zero attached hydrogens (tertiary/aromatic N) is 4. The Bertz CT molecular complexity index is 1410. The molecule has 2 aromatic carbocycles. The Morgan fingerprint density at radius 3 is 2.63 bits per heavy atom. The highest BCUT2D eigenvalue weighted by Crippen LogP contribution is 2.48. The van der Waals surface area contributed by atoms with Crippen molar-refractivity contribution in [3.8, 4) is 11.8 Å². The van der Waals surface area contributed by atoms with Crippen LogP contribution < -0.4 is 4.74 Å². The Labute approximate surface area is 220 Å². The van der Waals surface area contributed by atoms with Gasteiger partial charge in [0.25, 0.3) is 0 Å². The second-order valence-corrected chi connectivity index (χ2v) is 10.8. The Balaban J connectivity index is 1.16. The molecule has 1 saturated carbocycles. The van der Waals surface area contributed by atoms with Crippen LogP contribution in [0.4, 0.5) is 13.2 Å². The van der Waals surface area contributed by atoms with Crippen LogP contribution in [0.3, 0.4) is 0 Å².